The standard InChI is InChI=1S/C22H24ClFN2O3S/c1-3-29-21(27)14-30-20-8-7-16(11-19(20)24)22(28)25-9-10-26(15(2)13-25)18-6-4-5-17(23)12-18/h4-8,11-12,15H,3,9-10,13-14H2,1-2H3. The van der Waals surface area contributed by atoms with E-state index >= 15 is 0 Å². The van der Waals surface area contributed by atoms with Gasteiger partial charge in [-0.3, -0.25) is 9.59 Å². The Balaban J connectivity index is 1.63. The van der Waals surface area contributed by atoms with Gasteiger partial charge in [-0.2, -0.15) is 0 Å². The van der Waals surface area contributed by atoms with Crippen molar-refractivity contribution in [2.24, 2.45) is 0 Å². The summed E-state index contributed by atoms with van der Waals surface area (Å²) >= 11 is 7.16. The maximum atomic E-state index is 14.4. The van der Waals surface area contributed by atoms with Crippen LogP contribution >= 0.6 is 23.4 Å². The quantitative estimate of drug-likeness (QED) is 0.479. The SMILES string of the molecule is CCOC(=O)CSc1ccc(C(=O)N2CCN(c3cccc(Cl)c3)C(C)C2)cc1F. The first kappa shape index (κ1) is 22.4. The molecule has 0 aliphatic carbocycles. The maximum absolute atomic E-state index is 14.4. The number of amides is 1. The van der Waals surface area contributed by atoms with Crippen LogP contribution in [0, 0.1) is 5.82 Å². The van der Waals surface area contributed by atoms with E-state index in [4.69, 9.17) is 16.3 Å². The zero-order valence-electron chi connectivity index (χ0n) is 16.9. The molecule has 1 fully saturated rings. The molecule has 1 atom stereocenters. The highest BCUT2D eigenvalue weighted by Gasteiger charge is 2.28. The number of carbonyl (C=O) groups excluding carboxylic acids is 2. The molecule has 30 heavy (non-hydrogen) atoms. The van der Waals surface area contributed by atoms with Crippen molar-refractivity contribution in [2.75, 3.05) is 36.9 Å². The fraction of sp³-hybridized carbons (Fsp3) is 0.364. The molecule has 1 heterocycles. The third-order valence-electron chi connectivity index (χ3n) is 4.88. The molecule has 160 valence electrons. The Hall–Kier alpha value is -2.25. The summed E-state index contributed by atoms with van der Waals surface area (Å²) in [5.74, 6) is -1.08. The van der Waals surface area contributed by atoms with Crippen molar-refractivity contribution in [3.8, 4) is 0 Å². The topological polar surface area (TPSA) is 49.9 Å². The molecule has 2 aromatic rings. The first-order valence-electron chi connectivity index (χ1n) is 9.78. The molecular formula is C22H24ClFN2O3S. The Bertz CT molecular complexity index is 927. The van der Waals surface area contributed by atoms with Gasteiger partial charge >= 0.3 is 5.97 Å². The van der Waals surface area contributed by atoms with Gasteiger partial charge in [-0.1, -0.05) is 17.7 Å². The second kappa shape index (κ2) is 10.2. The van der Waals surface area contributed by atoms with E-state index in [1.807, 2.05) is 24.3 Å². The molecular weight excluding hydrogens is 427 g/mol. The van der Waals surface area contributed by atoms with E-state index in [0.29, 0.717) is 35.1 Å². The Morgan fingerprint density at radius 1 is 1.23 bits per heavy atom. The minimum Gasteiger partial charge on any atom is -0.465 e. The van der Waals surface area contributed by atoms with Crippen molar-refractivity contribution >= 4 is 40.9 Å². The molecule has 2 aromatic carbocycles. The smallest absolute Gasteiger partial charge is 0.316 e. The average molecular weight is 451 g/mol. The Labute approximate surface area is 185 Å². The summed E-state index contributed by atoms with van der Waals surface area (Å²) in [5.41, 5.74) is 1.33. The van der Waals surface area contributed by atoms with E-state index in [1.54, 1.807) is 17.9 Å². The Morgan fingerprint density at radius 3 is 2.70 bits per heavy atom. The minimum atomic E-state index is -0.513. The third-order valence-corrected chi connectivity index (χ3v) is 6.14. The highest BCUT2D eigenvalue weighted by Crippen LogP contribution is 2.26. The van der Waals surface area contributed by atoms with Gasteiger partial charge in [0.15, 0.2) is 0 Å². The molecule has 3 rings (SSSR count). The van der Waals surface area contributed by atoms with E-state index in [1.165, 1.54) is 12.1 Å². The number of thioether (sulfide) groups is 1. The lowest BCUT2D eigenvalue weighted by molar-refractivity contribution is -0.139. The van der Waals surface area contributed by atoms with Gasteiger partial charge in [0.25, 0.3) is 5.91 Å². The highest BCUT2D eigenvalue weighted by molar-refractivity contribution is 8.00. The van der Waals surface area contributed by atoms with Crippen LogP contribution in [-0.2, 0) is 9.53 Å². The van der Waals surface area contributed by atoms with Crippen molar-refractivity contribution in [3.05, 3.63) is 58.9 Å². The second-order valence-corrected chi connectivity index (χ2v) is 8.47. The number of rotatable bonds is 6. The summed E-state index contributed by atoms with van der Waals surface area (Å²) in [6.45, 7) is 5.81. The molecule has 1 aliphatic heterocycles. The number of benzene rings is 2. The fourth-order valence-corrected chi connectivity index (χ4v) is 4.36. The lowest BCUT2D eigenvalue weighted by Gasteiger charge is -2.41. The second-order valence-electron chi connectivity index (χ2n) is 7.01. The number of carbonyl (C=O) groups is 2. The molecule has 8 heteroatoms. The van der Waals surface area contributed by atoms with Crippen LogP contribution in [0.2, 0.25) is 5.02 Å². The van der Waals surface area contributed by atoms with Gasteiger partial charge in [-0.05, 0) is 50.2 Å². The maximum Gasteiger partial charge on any atom is 0.316 e. The summed E-state index contributed by atoms with van der Waals surface area (Å²) < 4.78 is 19.3. The number of ether oxygens (including phenoxy) is 1. The summed E-state index contributed by atoms with van der Waals surface area (Å²) in [6.07, 6.45) is 0. The predicted octanol–water partition coefficient (Wildman–Crippen LogP) is 4.49. The molecule has 1 saturated heterocycles. The molecule has 0 aromatic heterocycles. The van der Waals surface area contributed by atoms with E-state index in [-0.39, 0.29) is 24.3 Å². The molecule has 1 aliphatic rings. The summed E-state index contributed by atoms with van der Waals surface area (Å²) in [6, 6.07) is 12.1. The van der Waals surface area contributed by atoms with E-state index in [0.717, 1.165) is 17.4 Å². The molecule has 0 N–H and O–H groups in total. The number of esters is 1. The summed E-state index contributed by atoms with van der Waals surface area (Å²) in [7, 11) is 0. The van der Waals surface area contributed by atoms with Crippen molar-refractivity contribution in [1.29, 1.82) is 0 Å². The first-order valence-corrected chi connectivity index (χ1v) is 11.1. The molecule has 0 saturated carbocycles. The summed E-state index contributed by atoms with van der Waals surface area (Å²) in [4.78, 5) is 28.6. The number of hydrogen-bond acceptors (Lipinski definition) is 5. The van der Waals surface area contributed by atoms with Crippen LogP contribution in [0.5, 0.6) is 0 Å². The van der Waals surface area contributed by atoms with Gasteiger partial charge in [0.1, 0.15) is 5.82 Å². The molecule has 0 bridgehead atoms. The first-order chi connectivity index (χ1) is 14.4. The zero-order chi connectivity index (χ0) is 21.7. The zero-order valence-corrected chi connectivity index (χ0v) is 18.5. The number of anilines is 1. The van der Waals surface area contributed by atoms with Crippen LogP contribution < -0.4 is 4.90 Å². The van der Waals surface area contributed by atoms with Crippen molar-refractivity contribution in [2.45, 2.75) is 24.8 Å². The van der Waals surface area contributed by atoms with E-state index in [2.05, 4.69) is 11.8 Å². The predicted molar refractivity (Wildman–Crippen MR) is 118 cm³/mol. The van der Waals surface area contributed by atoms with Crippen molar-refractivity contribution in [3.63, 3.8) is 0 Å². The molecule has 1 unspecified atom stereocenters. The fourth-order valence-electron chi connectivity index (χ4n) is 3.45. The number of nitrogens with zero attached hydrogens (tertiary/aromatic N) is 2. The van der Waals surface area contributed by atoms with Gasteiger partial charge in [0.2, 0.25) is 0 Å². The lowest BCUT2D eigenvalue weighted by atomic mass is 10.1. The molecule has 0 radical (unpaired) electrons. The van der Waals surface area contributed by atoms with Crippen LogP contribution in [-0.4, -0.2) is 54.8 Å². The largest absolute Gasteiger partial charge is 0.465 e. The lowest BCUT2D eigenvalue weighted by Crippen LogP contribution is -2.53. The Morgan fingerprint density at radius 2 is 2.03 bits per heavy atom. The average Bonchev–Trinajstić information content (AvgIpc) is 2.72. The number of halogens is 2. The van der Waals surface area contributed by atoms with Crippen LogP contribution in [0.4, 0.5) is 10.1 Å². The van der Waals surface area contributed by atoms with Crippen molar-refractivity contribution in [1.82, 2.24) is 4.90 Å². The van der Waals surface area contributed by atoms with Crippen LogP contribution in [0.3, 0.4) is 0 Å². The van der Waals surface area contributed by atoms with Gasteiger partial charge in [-0.25, -0.2) is 4.39 Å². The van der Waals surface area contributed by atoms with Crippen LogP contribution in [0.15, 0.2) is 47.4 Å². The van der Waals surface area contributed by atoms with Gasteiger partial charge in [0, 0.05) is 46.8 Å². The van der Waals surface area contributed by atoms with Gasteiger partial charge in [-0.15, -0.1) is 11.8 Å². The molecule has 0 spiro atoms. The van der Waals surface area contributed by atoms with Crippen LogP contribution in [0.1, 0.15) is 24.2 Å². The minimum absolute atomic E-state index is 0.0288. The Kier molecular flexibility index (Phi) is 7.61. The number of hydrogen-bond donors (Lipinski definition) is 0. The number of piperazine rings is 1. The normalized spacial score (nSPS) is 16.5. The highest BCUT2D eigenvalue weighted by atomic mass is 35.5. The van der Waals surface area contributed by atoms with E-state index in [9.17, 15) is 14.0 Å². The van der Waals surface area contributed by atoms with E-state index < -0.39 is 11.8 Å². The third kappa shape index (κ3) is 5.46. The van der Waals surface area contributed by atoms with Gasteiger partial charge < -0.3 is 14.5 Å². The molecule has 1 amide bonds. The van der Waals surface area contributed by atoms with Gasteiger partial charge in [0.05, 0.1) is 12.4 Å². The summed E-state index contributed by atoms with van der Waals surface area (Å²) in [5, 5.41) is 0.676. The van der Waals surface area contributed by atoms with Crippen molar-refractivity contribution < 1.29 is 18.7 Å². The van der Waals surface area contributed by atoms with Crippen LogP contribution in [0.25, 0.3) is 0 Å². The molecule has 5 nitrogen and oxygen atoms in total. The monoisotopic (exact) mass is 450 g/mol.